The fourth-order valence-corrected chi connectivity index (χ4v) is 6.31. The zero-order valence-electron chi connectivity index (χ0n) is 19.4. The molecule has 4 aromatic rings. The van der Waals surface area contributed by atoms with Gasteiger partial charge < -0.3 is 15.0 Å². The highest BCUT2D eigenvalue weighted by Crippen LogP contribution is 2.40. The van der Waals surface area contributed by atoms with Crippen LogP contribution in [0.2, 0.25) is 5.02 Å². The van der Waals surface area contributed by atoms with Crippen LogP contribution in [0.25, 0.3) is 26.1 Å². The number of halogens is 1. The SMILES string of the molecule is Cc1nc2sc3c(=O)n(-c4cccc(Cl)c4)c(N4CCNCC4)nc3c2c2c1COC(C)(C)C2. The van der Waals surface area contributed by atoms with Crippen molar-refractivity contribution in [1.82, 2.24) is 19.9 Å². The molecule has 0 amide bonds. The fourth-order valence-electron chi connectivity index (χ4n) is 5.00. The van der Waals surface area contributed by atoms with Gasteiger partial charge in [0, 0.05) is 54.3 Å². The predicted octanol–water partition coefficient (Wildman–Crippen LogP) is 4.22. The monoisotopic (exact) mass is 495 g/mol. The highest BCUT2D eigenvalue weighted by atomic mass is 35.5. The number of nitrogens with one attached hydrogen (secondary N) is 1. The summed E-state index contributed by atoms with van der Waals surface area (Å²) in [7, 11) is 0. The lowest BCUT2D eigenvalue weighted by atomic mass is 9.89. The third-order valence-electron chi connectivity index (χ3n) is 6.72. The summed E-state index contributed by atoms with van der Waals surface area (Å²) in [6.45, 7) is 10.0. The van der Waals surface area contributed by atoms with Gasteiger partial charge in [-0.25, -0.2) is 14.5 Å². The zero-order chi connectivity index (χ0) is 23.6. The summed E-state index contributed by atoms with van der Waals surface area (Å²) >= 11 is 7.74. The second-order valence-corrected chi connectivity index (χ2v) is 11.0. The number of piperazine rings is 1. The predicted molar refractivity (Wildman–Crippen MR) is 138 cm³/mol. The second-order valence-electron chi connectivity index (χ2n) is 9.61. The lowest BCUT2D eigenvalue weighted by Gasteiger charge is -2.33. The van der Waals surface area contributed by atoms with Crippen molar-refractivity contribution in [2.75, 3.05) is 31.1 Å². The number of aromatic nitrogens is 3. The van der Waals surface area contributed by atoms with E-state index in [9.17, 15) is 4.79 Å². The lowest BCUT2D eigenvalue weighted by Crippen LogP contribution is -2.46. The number of thiophene rings is 1. The summed E-state index contributed by atoms with van der Waals surface area (Å²) in [5, 5.41) is 4.97. The molecule has 1 saturated heterocycles. The summed E-state index contributed by atoms with van der Waals surface area (Å²) in [5.74, 6) is 0.654. The van der Waals surface area contributed by atoms with Crippen LogP contribution >= 0.6 is 22.9 Å². The maximum Gasteiger partial charge on any atom is 0.277 e. The van der Waals surface area contributed by atoms with Crippen molar-refractivity contribution in [2.45, 2.75) is 39.4 Å². The van der Waals surface area contributed by atoms with Crippen molar-refractivity contribution in [3.8, 4) is 5.69 Å². The van der Waals surface area contributed by atoms with Crippen molar-refractivity contribution < 1.29 is 4.74 Å². The van der Waals surface area contributed by atoms with Gasteiger partial charge in [-0.2, -0.15) is 0 Å². The minimum Gasteiger partial charge on any atom is -0.370 e. The van der Waals surface area contributed by atoms with Crippen molar-refractivity contribution in [3.05, 3.63) is 56.5 Å². The first-order chi connectivity index (χ1) is 16.3. The first-order valence-corrected chi connectivity index (χ1v) is 12.7. The normalized spacial score (nSPS) is 17.9. The van der Waals surface area contributed by atoms with Crippen molar-refractivity contribution in [3.63, 3.8) is 0 Å². The van der Waals surface area contributed by atoms with Gasteiger partial charge in [-0.1, -0.05) is 17.7 Å². The summed E-state index contributed by atoms with van der Waals surface area (Å²) in [6.07, 6.45) is 0.760. The average Bonchev–Trinajstić information content (AvgIpc) is 3.17. The topological polar surface area (TPSA) is 72.3 Å². The molecule has 5 heterocycles. The van der Waals surface area contributed by atoms with Crippen LogP contribution in [0.4, 0.5) is 5.95 Å². The number of pyridine rings is 1. The van der Waals surface area contributed by atoms with Gasteiger partial charge in [0.25, 0.3) is 5.56 Å². The van der Waals surface area contributed by atoms with Gasteiger partial charge in [0.05, 0.1) is 17.9 Å². The Bertz CT molecular complexity index is 1500. The summed E-state index contributed by atoms with van der Waals surface area (Å²) in [4.78, 5) is 27.2. The molecule has 0 saturated carbocycles. The van der Waals surface area contributed by atoms with Crippen LogP contribution in [-0.4, -0.2) is 46.3 Å². The van der Waals surface area contributed by atoms with Gasteiger partial charge in [0.1, 0.15) is 15.0 Å². The second kappa shape index (κ2) is 8.02. The molecule has 0 bridgehead atoms. The molecule has 1 aromatic carbocycles. The van der Waals surface area contributed by atoms with E-state index in [0.29, 0.717) is 22.3 Å². The van der Waals surface area contributed by atoms with E-state index in [1.807, 2.05) is 31.2 Å². The van der Waals surface area contributed by atoms with Gasteiger partial charge in [0.15, 0.2) is 0 Å². The maximum absolute atomic E-state index is 14.0. The Morgan fingerprint density at radius 3 is 2.74 bits per heavy atom. The smallest absolute Gasteiger partial charge is 0.277 e. The summed E-state index contributed by atoms with van der Waals surface area (Å²) in [5.41, 5.74) is 4.40. The molecule has 9 heteroatoms. The van der Waals surface area contributed by atoms with E-state index in [-0.39, 0.29) is 11.2 Å². The molecule has 1 fully saturated rings. The first kappa shape index (κ1) is 22.0. The minimum absolute atomic E-state index is 0.0819. The number of benzene rings is 1. The van der Waals surface area contributed by atoms with E-state index in [1.54, 1.807) is 4.57 Å². The van der Waals surface area contributed by atoms with Crippen LogP contribution in [0, 0.1) is 6.92 Å². The van der Waals surface area contributed by atoms with Gasteiger partial charge in [-0.05, 0) is 44.5 Å². The molecule has 7 nitrogen and oxygen atoms in total. The van der Waals surface area contributed by atoms with Crippen LogP contribution in [0.15, 0.2) is 29.1 Å². The molecule has 1 N–H and O–H groups in total. The van der Waals surface area contributed by atoms with Crippen molar-refractivity contribution in [1.29, 1.82) is 0 Å². The number of aryl methyl sites for hydroxylation is 1. The zero-order valence-corrected chi connectivity index (χ0v) is 21.0. The molecule has 0 spiro atoms. The first-order valence-electron chi connectivity index (χ1n) is 11.6. The minimum atomic E-state index is -0.279. The lowest BCUT2D eigenvalue weighted by molar-refractivity contribution is -0.0400. The van der Waals surface area contributed by atoms with Crippen LogP contribution < -0.4 is 15.8 Å². The van der Waals surface area contributed by atoms with E-state index < -0.39 is 0 Å². The molecule has 176 valence electrons. The fraction of sp³-hybridized carbons (Fsp3) is 0.400. The standard InChI is InChI=1S/C25H26ClN5O2S/c1-14-18-13-33-25(2,3)12-17(18)19-20-21(34-22(19)28-14)23(32)31(16-6-4-5-15(26)11-16)24(29-20)30-9-7-27-8-10-30/h4-6,11,27H,7-10,12-13H2,1-3H3. The number of hydrogen-bond acceptors (Lipinski definition) is 7. The Morgan fingerprint density at radius 2 is 1.97 bits per heavy atom. The van der Waals surface area contributed by atoms with E-state index in [1.165, 1.54) is 16.9 Å². The quantitative estimate of drug-likeness (QED) is 0.449. The molecule has 0 atom stereocenters. The summed E-state index contributed by atoms with van der Waals surface area (Å²) < 4.78 is 8.42. The van der Waals surface area contributed by atoms with Gasteiger partial charge in [-0.3, -0.25) is 4.79 Å². The van der Waals surface area contributed by atoms with E-state index >= 15 is 0 Å². The number of ether oxygens (including phenoxy) is 1. The van der Waals surface area contributed by atoms with E-state index in [0.717, 1.165) is 65.3 Å². The Labute approximate surface area is 206 Å². The van der Waals surface area contributed by atoms with Crippen molar-refractivity contribution in [2.24, 2.45) is 0 Å². The van der Waals surface area contributed by atoms with Crippen LogP contribution in [0.1, 0.15) is 30.7 Å². The highest BCUT2D eigenvalue weighted by Gasteiger charge is 2.32. The molecule has 3 aromatic heterocycles. The maximum atomic E-state index is 14.0. The average molecular weight is 496 g/mol. The third-order valence-corrected chi connectivity index (χ3v) is 8.02. The van der Waals surface area contributed by atoms with Gasteiger partial charge in [0.2, 0.25) is 5.95 Å². The molecule has 34 heavy (non-hydrogen) atoms. The molecule has 0 unspecified atom stereocenters. The Morgan fingerprint density at radius 1 is 1.18 bits per heavy atom. The van der Waals surface area contributed by atoms with E-state index in [4.69, 9.17) is 26.3 Å². The largest absolute Gasteiger partial charge is 0.370 e. The van der Waals surface area contributed by atoms with Gasteiger partial charge in [-0.15, -0.1) is 11.3 Å². The number of anilines is 1. The Kier molecular flexibility index (Phi) is 5.18. The third kappa shape index (κ3) is 3.51. The van der Waals surface area contributed by atoms with E-state index in [2.05, 4.69) is 24.1 Å². The molecule has 0 aliphatic carbocycles. The number of fused-ring (bicyclic) bond motifs is 5. The molecule has 0 radical (unpaired) electrons. The Balaban J connectivity index is 1.70. The van der Waals surface area contributed by atoms with Crippen LogP contribution in [0.3, 0.4) is 0 Å². The molecule has 2 aliphatic heterocycles. The number of nitrogens with zero attached hydrogens (tertiary/aromatic N) is 4. The van der Waals surface area contributed by atoms with Gasteiger partial charge >= 0.3 is 0 Å². The molecular formula is C25H26ClN5O2S. The molecular weight excluding hydrogens is 470 g/mol. The number of hydrogen-bond donors (Lipinski definition) is 1. The number of rotatable bonds is 2. The molecule has 6 rings (SSSR count). The molecule has 2 aliphatic rings. The summed E-state index contributed by atoms with van der Waals surface area (Å²) in [6, 6.07) is 7.41. The Hall–Kier alpha value is -2.52. The van der Waals surface area contributed by atoms with Crippen LogP contribution in [0.5, 0.6) is 0 Å². The van der Waals surface area contributed by atoms with Crippen LogP contribution in [-0.2, 0) is 17.8 Å². The van der Waals surface area contributed by atoms with Crippen molar-refractivity contribution >= 4 is 49.3 Å². The highest BCUT2D eigenvalue weighted by molar-refractivity contribution is 7.25.